The minimum atomic E-state index is 0.964. The van der Waals surface area contributed by atoms with Crippen LogP contribution in [0.25, 0.3) is 0 Å². The minimum Gasteiger partial charge on any atom is -0.372 e. The zero-order chi connectivity index (χ0) is 5.11. The Morgan fingerprint density at radius 1 is 1.29 bits per heavy atom. The lowest BCUT2D eigenvalue weighted by atomic mass is 10.4. The maximum absolute atomic E-state index is 3.69. The number of hydrogen-bond donors (Lipinski definition) is 2. The monoisotopic (exact) mass is 98.1 g/mol. The van der Waals surface area contributed by atoms with Crippen LogP contribution in [0.5, 0.6) is 0 Å². The summed E-state index contributed by atoms with van der Waals surface area (Å²) < 4.78 is 0. The minimum absolute atomic E-state index is 0.964. The fraction of sp³-hybridized carbons (Fsp3) is 0.600. The van der Waals surface area contributed by atoms with Crippen molar-refractivity contribution in [2.75, 3.05) is 13.1 Å². The number of hydrogen-bond acceptors (Lipinski definition) is 2. The van der Waals surface area contributed by atoms with Gasteiger partial charge >= 0.3 is 0 Å². The maximum Gasteiger partial charge on any atom is 0.0912 e. The van der Waals surface area contributed by atoms with Crippen molar-refractivity contribution >= 4 is 0 Å². The quantitative estimate of drug-likeness (QED) is 0.447. The van der Waals surface area contributed by atoms with Gasteiger partial charge in [0.05, 0.1) is 5.82 Å². The molecule has 0 aliphatic carbocycles. The van der Waals surface area contributed by atoms with Gasteiger partial charge in [-0.05, 0) is 6.42 Å². The third kappa shape index (κ3) is 1.11. The molecule has 0 bridgehead atoms. The fourth-order valence-corrected chi connectivity index (χ4v) is 0.629. The van der Waals surface area contributed by atoms with Crippen LogP contribution in [0.1, 0.15) is 6.42 Å². The van der Waals surface area contributed by atoms with E-state index in [0.717, 1.165) is 18.9 Å². The van der Waals surface area contributed by atoms with E-state index < -0.39 is 0 Å². The van der Waals surface area contributed by atoms with Gasteiger partial charge in [0.2, 0.25) is 0 Å². The van der Waals surface area contributed by atoms with Crippen LogP contribution in [0.3, 0.4) is 0 Å². The Kier molecular flexibility index (Phi) is 1.20. The lowest BCUT2D eigenvalue weighted by Gasteiger charge is -2.16. The van der Waals surface area contributed by atoms with E-state index in [1.54, 1.807) is 0 Å². The van der Waals surface area contributed by atoms with Crippen molar-refractivity contribution in [2.24, 2.45) is 0 Å². The maximum atomic E-state index is 3.69. The predicted molar refractivity (Wildman–Crippen MR) is 29.8 cm³/mol. The number of nitrogens with one attached hydrogen (secondary N) is 2. The van der Waals surface area contributed by atoms with Gasteiger partial charge in [0, 0.05) is 13.1 Å². The van der Waals surface area contributed by atoms with Gasteiger partial charge in [-0.3, -0.25) is 0 Å². The SMILES string of the molecule is C=C1NCCCN1. The van der Waals surface area contributed by atoms with Crippen molar-refractivity contribution < 1.29 is 0 Å². The molecule has 1 saturated heterocycles. The molecule has 0 aromatic rings. The smallest absolute Gasteiger partial charge is 0.0912 e. The summed E-state index contributed by atoms with van der Waals surface area (Å²) in [6, 6.07) is 0. The first kappa shape index (κ1) is 4.50. The van der Waals surface area contributed by atoms with Gasteiger partial charge in [0.15, 0.2) is 0 Å². The molecule has 2 N–H and O–H groups in total. The topological polar surface area (TPSA) is 24.1 Å². The van der Waals surface area contributed by atoms with E-state index in [4.69, 9.17) is 0 Å². The summed E-state index contributed by atoms with van der Waals surface area (Å²) in [6.45, 7) is 5.84. The Bertz CT molecular complexity index is 70.1. The summed E-state index contributed by atoms with van der Waals surface area (Å²) in [6.07, 6.45) is 1.21. The normalized spacial score (nSPS) is 20.3. The predicted octanol–water partition coefficient (Wildman–Crippen LogP) is 0.0405. The summed E-state index contributed by atoms with van der Waals surface area (Å²) in [7, 11) is 0. The summed E-state index contributed by atoms with van der Waals surface area (Å²) in [4.78, 5) is 0. The molecular formula is C5H10N2. The van der Waals surface area contributed by atoms with Gasteiger partial charge in [-0.15, -0.1) is 0 Å². The van der Waals surface area contributed by atoms with Gasteiger partial charge in [-0.1, -0.05) is 6.58 Å². The van der Waals surface area contributed by atoms with Gasteiger partial charge in [-0.25, -0.2) is 0 Å². The molecule has 1 aliphatic heterocycles. The molecule has 1 aliphatic rings. The summed E-state index contributed by atoms with van der Waals surface area (Å²) >= 11 is 0. The van der Waals surface area contributed by atoms with Crippen LogP contribution in [0.2, 0.25) is 0 Å². The van der Waals surface area contributed by atoms with E-state index in [0.29, 0.717) is 0 Å². The molecule has 0 aromatic carbocycles. The van der Waals surface area contributed by atoms with Crippen LogP contribution in [0, 0.1) is 0 Å². The Balaban J connectivity index is 2.25. The Hall–Kier alpha value is -0.660. The zero-order valence-electron chi connectivity index (χ0n) is 4.33. The Morgan fingerprint density at radius 3 is 2.14 bits per heavy atom. The summed E-state index contributed by atoms with van der Waals surface area (Å²) in [5.41, 5.74) is 0. The molecule has 0 unspecified atom stereocenters. The molecule has 0 atom stereocenters. The highest BCUT2D eigenvalue weighted by Crippen LogP contribution is 1.85. The molecule has 1 fully saturated rings. The number of rotatable bonds is 0. The van der Waals surface area contributed by atoms with Crippen LogP contribution < -0.4 is 10.6 Å². The standard InChI is InChI=1S/C5H10N2/c1-5-6-3-2-4-7-5/h6-7H,1-4H2. The van der Waals surface area contributed by atoms with E-state index >= 15 is 0 Å². The molecule has 2 heteroatoms. The second-order valence-corrected chi connectivity index (χ2v) is 1.69. The molecule has 40 valence electrons. The highest BCUT2D eigenvalue weighted by molar-refractivity contribution is 4.90. The van der Waals surface area contributed by atoms with Crippen LogP contribution in [0.4, 0.5) is 0 Å². The zero-order valence-corrected chi connectivity index (χ0v) is 4.33. The highest BCUT2D eigenvalue weighted by Gasteiger charge is 1.96. The van der Waals surface area contributed by atoms with E-state index in [2.05, 4.69) is 17.2 Å². The molecule has 0 amide bonds. The molecule has 1 heterocycles. The fourth-order valence-electron chi connectivity index (χ4n) is 0.629. The molecule has 7 heavy (non-hydrogen) atoms. The summed E-state index contributed by atoms with van der Waals surface area (Å²) in [5.74, 6) is 0.964. The van der Waals surface area contributed by atoms with Crippen LogP contribution in [0.15, 0.2) is 12.4 Å². The molecule has 0 spiro atoms. The van der Waals surface area contributed by atoms with Gasteiger partial charge in [-0.2, -0.15) is 0 Å². The second-order valence-electron chi connectivity index (χ2n) is 1.69. The Labute approximate surface area is 43.6 Å². The Morgan fingerprint density at radius 2 is 1.86 bits per heavy atom. The van der Waals surface area contributed by atoms with Crippen molar-refractivity contribution in [3.63, 3.8) is 0 Å². The van der Waals surface area contributed by atoms with Crippen molar-refractivity contribution in [3.8, 4) is 0 Å². The summed E-state index contributed by atoms with van der Waals surface area (Å²) in [5, 5.41) is 6.15. The third-order valence-electron chi connectivity index (χ3n) is 1.03. The lowest BCUT2D eigenvalue weighted by molar-refractivity contribution is 0.576. The van der Waals surface area contributed by atoms with Gasteiger partial charge < -0.3 is 10.6 Å². The lowest BCUT2D eigenvalue weighted by Crippen LogP contribution is -2.34. The van der Waals surface area contributed by atoms with E-state index in [9.17, 15) is 0 Å². The van der Waals surface area contributed by atoms with Crippen LogP contribution in [-0.2, 0) is 0 Å². The van der Waals surface area contributed by atoms with Crippen LogP contribution >= 0.6 is 0 Å². The average molecular weight is 98.1 g/mol. The molecule has 0 aromatic heterocycles. The first-order chi connectivity index (χ1) is 3.39. The molecule has 2 nitrogen and oxygen atoms in total. The molecule has 0 saturated carbocycles. The first-order valence-electron chi connectivity index (χ1n) is 2.56. The van der Waals surface area contributed by atoms with Crippen molar-refractivity contribution in [1.29, 1.82) is 0 Å². The molecule has 1 rings (SSSR count). The van der Waals surface area contributed by atoms with E-state index in [1.165, 1.54) is 6.42 Å². The average Bonchev–Trinajstić information content (AvgIpc) is 1.69. The highest BCUT2D eigenvalue weighted by atomic mass is 15.1. The molecular weight excluding hydrogens is 88.1 g/mol. The largest absolute Gasteiger partial charge is 0.372 e. The van der Waals surface area contributed by atoms with Crippen molar-refractivity contribution in [2.45, 2.75) is 6.42 Å². The van der Waals surface area contributed by atoms with Gasteiger partial charge in [0.25, 0.3) is 0 Å². The second kappa shape index (κ2) is 1.87. The molecule has 0 radical (unpaired) electrons. The third-order valence-corrected chi connectivity index (χ3v) is 1.03. The van der Waals surface area contributed by atoms with Crippen LogP contribution in [-0.4, -0.2) is 13.1 Å². The first-order valence-corrected chi connectivity index (χ1v) is 2.56. The van der Waals surface area contributed by atoms with E-state index in [1.807, 2.05) is 0 Å². The van der Waals surface area contributed by atoms with Crippen molar-refractivity contribution in [1.82, 2.24) is 10.6 Å². The van der Waals surface area contributed by atoms with E-state index in [-0.39, 0.29) is 0 Å². The van der Waals surface area contributed by atoms with Gasteiger partial charge in [0.1, 0.15) is 0 Å². The van der Waals surface area contributed by atoms with Crippen molar-refractivity contribution in [3.05, 3.63) is 12.4 Å².